The molecule has 8 heteroatoms. The van der Waals surface area contributed by atoms with Gasteiger partial charge in [-0.2, -0.15) is 5.10 Å². The minimum Gasteiger partial charge on any atom is -0.313 e. The molecule has 0 atom stereocenters. The number of anilines is 1. The van der Waals surface area contributed by atoms with E-state index in [0.717, 1.165) is 12.1 Å². The lowest BCUT2D eigenvalue weighted by atomic mass is 10.2. The summed E-state index contributed by atoms with van der Waals surface area (Å²) in [4.78, 5) is 0.161. The van der Waals surface area contributed by atoms with E-state index in [2.05, 4.69) is 36.2 Å². The van der Waals surface area contributed by atoms with E-state index >= 15 is 0 Å². The Morgan fingerprint density at radius 1 is 1.29 bits per heavy atom. The molecule has 0 aliphatic rings. The summed E-state index contributed by atoms with van der Waals surface area (Å²) >= 11 is 3.31. The number of aromatic nitrogens is 2. The number of hydrogen-bond acceptors (Lipinski definition) is 5. The van der Waals surface area contributed by atoms with Crippen LogP contribution in [0.5, 0.6) is 0 Å². The van der Waals surface area contributed by atoms with Crippen LogP contribution in [0.15, 0.2) is 45.9 Å². The van der Waals surface area contributed by atoms with Crippen LogP contribution in [0.4, 0.5) is 5.82 Å². The minimum absolute atomic E-state index is 0.161. The molecular formula is C13H15BrN4O2S. The molecule has 1 heterocycles. The SMILES string of the molecule is CCNCc1ccc(S(=O)(=O)Nc2cccnn2)c(Br)c1. The molecule has 0 radical (unpaired) electrons. The molecule has 0 fully saturated rings. The summed E-state index contributed by atoms with van der Waals surface area (Å²) < 4.78 is 27.5. The fraction of sp³-hybridized carbons (Fsp3) is 0.231. The molecule has 0 aliphatic heterocycles. The summed E-state index contributed by atoms with van der Waals surface area (Å²) in [5, 5.41) is 10.5. The molecule has 1 aromatic carbocycles. The molecule has 112 valence electrons. The van der Waals surface area contributed by atoms with Crippen molar-refractivity contribution >= 4 is 31.8 Å². The van der Waals surface area contributed by atoms with Crippen LogP contribution in [0.25, 0.3) is 0 Å². The molecule has 6 nitrogen and oxygen atoms in total. The second-order valence-corrected chi connectivity index (χ2v) is 6.76. The van der Waals surface area contributed by atoms with Gasteiger partial charge in [-0.15, -0.1) is 5.10 Å². The molecule has 0 saturated carbocycles. The van der Waals surface area contributed by atoms with E-state index < -0.39 is 10.0 Å². The van der Waals surface area contributed by atoms with Crippen molar-refractivity contribution in [3.8, 4) is 0 Å². The average Bonchev–Trinajstić information content (AvgIpc) is 2.45. The molecule has 1 aromatic heterocycles. The summed E-state index contributed by atoms with van der Waals surface area (Å²) in [5.41, 5.74) is 1.00. The van der Waals surface area contributed by atoms with Crippen LogP contribution in [0.3, 0.4) is 0 Å². The predicted molar refractivity (Wildman–Crippen MR) is 84.4 cm³/mol. The van der Waals surface area contributed by atoms with Crippen molar-refractivity contribution in [3.63, 3.8) is 0 Å². The summed E-state index contributed by atoms with van der Waals surface area (Å²) in [6, 6.07) is 8.28. The predicted octanol–water partition coefficient (Wildman–Crippen LogP) is 2.15. The third-order valence-electron chi connectivity index (χ3n) is 2.68. The molecule has 0 spiro atoms. The van der Waals surface area contributed by atoms with E-state index in [9.17, 15) is 8.42 Å². The number of nitrogens with zero attached hydrogens (tertiary/aromatic N) is 2. The number of nitrogens with one attached hydrogen (secondary N) is 2. The Kier molecular flexibility index (Phi) is 5.27. The van der Waals surface area contributed by atoms with Crippen LogP contribution in [0.1, 0.15) is 12.5 Å². The van der Waals surface area contributed by atoms with Crippen LogP contribution in [-0.4, -0.2) is 25.2 Å². The van der Waals surface area contributed by atoms with Gasteiger partial charge in [-0.3, -0.25) is 4.72 Å². The first-order valence-corrected chi connectivity index (χ1v) is 8.60. The van der Waals surface area contributed by atoms with Gasteiger partial charge in [0.25, 0.3) is 10.0 Å². The Hall–Kier alpha value is -1.51. The molecule has 0 aliphatic carbocycles. The monoisotopic (exact) mass is 370 g/mol. The molecule has 0 amide bonds. The number of rotatable bonds is 6. The van der Waals surface area contributed by atoms with Crippen LogP contribution < -0.4 is 10.0 Å². The highest BCUT2D eigenvalue weighted by atomic mass is 79.9. The third-order valence-corrected chi connectivity index (χ3v) is 5.01. The zero-order valence-electron chi connectivity index (χ0n) is 11.4. The van der Waals surface area contributed by atoms with Gasteiger partial charge in [-0.05, 0) is 52.3 Å². The van der Waals surface area contributed by atoms with Gasteiger partial charge in [0.2, 0.25) is 0 Å². The van der Waals surface area contributed by atoms with E-state index in [1.54, 1.807) is 24.3 Å². The lowest BCUT2D eigenvalue weighted by Crippen LogP contribution is -2.16. The van der Waals surface area contributed by atoms with Gasteiger partial charge in [-0.1, -0.05) is 13.0 Å². The van der Waals surface area contributed by atoms with Crippen LogP contribution in [-0.2, 0) is 16.6 Å². The van der Waals surface area contributed by atoms with Gasteiger partial charge in [0.1, 0.15) is 4.90 Å². The maximum absolute atomic E-state index is 12.3. The van der Waals surface area contributed by atoms with Gasteiger partial charge in [0, 0.05) is 17.2 Å². The fourth-order valence-corrected chi connectivity index (χ4v) is 3.81. The van der Waals surface area contributed by atoms with Crippen molar-refractivity contribution in [2.75, 3.05) is 11.3 Å². The standard InChI is InChI=1S/C13H15BrN4O2S/c1-2-15-9-10-5-6-12(11(14)8-10)21(19,20)18-13-4-3-7-16-17-13/h3-8,15H,2,9H2,1H3,(H,17,18). The lowest BCUT2D eigenvalue weighted by Gasteiger charge is -2.10. The van der Waals surface area contributed by atoms with Crippen molar-refractivity contribution in [3.05, 3.63) is 46.6 Å². The maximum Gasteiger partial charge on any atom is 0.264 e. The fourth-order valence-electron chi connectivity index (χ4n) is 1.69. The topological polar surface area (TPSA) is 84.0 Å². The summed E-state index contributed by atoms with van der Waals surface area (Å²) in [6.07, 6.45) is 1.48. The van der Waals surface area contributed by atoms with E-state index in [1.807, 2.05) is 6.92 Å². The van der Waals surface area contributed by atoms with Crippen molar-refractivity contribution in [1.82, 2.24) is 15.5 Å². The van der Waals surface area contributed by atoms with E-state index in [-0.39, 0.29) is 10.7 Å². The quantitative estimate of drug-likeness (QED) is 0.813. The van der Waals surface area contributed by atoms with Gasteiger partial charge < -0.3 is 5.32 Å². The van der Waals surface area contributed by atoms with Crippen LogP contribution >= 0.6 is 15.9 Å². The summed E-state index contributed by atoms with van der Waals surface area (Å²) in [5.74, 6) is 0.182. The number of halogens is 1. The third kappa shape index (κ3) is 4.23. The normalized spacial score (nSPS) is 11.3. The van der Waals surface area contributed by atoms with Gasteiger partial charge in [0.05, 0.1) is 0 Å². The molecule has 2 N–H and O–H groups in total. The van der Waals surface area contributed by atoms with Gasteiger partial charge in [0.15, 0.2) is 5.82 Å². The Labute approximate surface area is 132 Å². The summed E-state index contributed by atoms with van der Waals surface area (Å²) in [7, 11) is -3.70. The molecule has 0 unspecified atom stereocenters. The Bertz CT molecular complexity index is 707. The first kappa shape index (κ1) is 15.9. The van der Waals surface area contributed by atoms with E-state index in [4.69, 9.17) is 0 Å². The Morgan fingerprint density at radius 2 is 2.10 bits per heavy atom. The van der Waals surface area contributed by atoms with Crippen molar-refractivity contribution < 1.29 is 8.42 Å². The Morgan fingerprint density at radius 3 is 2.71 bits per heavy atom. The first-order chi connectivity index (χ1) is 10.0. The minimum atomic E-state index is -3.70. The highest BCUT2D eigenvalue weighted by molar-refractivity contribution is 9.10. The molecule has 2 aromatic rings. The Balaban J connectivity index is 2.24. The van der Waals surface area contributed by atoms with E-state index in [1.165, 1.54) is 12.3 Å². The van der Waals surface area contributed by atoms with Crippen LogP contribution in [0.2, 0.25) is 0 Å². The number of hydrogen-bond donors (Lipinski definition) is 2. The van der Waals surface area contributed by atoms with Gasteiger partial charge >= 0.3 is 0 Å². The number of benzene rings is 1. The zero-order chi connectivity index (χ0) is 15.3. The van der Waals surface area contributed by atoms with Crippen molar-refractivity contribution in [2.45, 2.75) is 18.4 Å². The molecule has 0 saturated heterocycles. The molecule has 2 rings (SSSR count). The van der Waals surface area contributed by atoms with E-state index in [0.29, 0.717) is 11.0 Å². The highest BCUT2D eigenvalue weighted by Gasteiger charge is 2.18. The van der Waals surface area contributed by atoms with Crippen LogP contribution in [0, 0.1) is 0 Å². The lowest BCUT2D eigenvalue weighted by molar-refractivity contribution is 0.600. The largest absolute Gasteiger partial charge is 0.313 e. The molecular weight excluding hydrogens is 356 g/mol. The van der Waals surface area contributed by atoms with Gasteiger partial charge in [-0.25, -0.2) is 8.42 Å². The van der Waals surface area contributed by atoms with Crippen molar-refractivity contribution in [2.24, 2.45) is 0 Å². The summed E-state index contributed by atoms with van der Waals surface area (Å²) in [6.45, 7) is 3.55. The molecule has 21 heavy (non-hydrogen) atoms. The number of sulfonamides is 1. The van der Waals surface area contributed by atoms with Crippen molar-refractivity contribution in [1.29, 1.82) is 0 Å². The smallest absolute Gasteiger partial charge is 0.264 e. The highest BCUT2D eigenvalue weighted by Crippen LogP contribution is 2.24. The second kappa shape index (κ2) is 6.97. The second-order valence-electron chi connectivity index (χ2n) is 4.26. The first-order valence-electron chi connectivity index (χ1n) is 6.32. The average molecular weight is 371 g/mol. The zero-order valence-corrected chi connectivity index (χ0v) is 13.8. The maximum atomic E-state index is 12.3. The molecule has 0 bridgehead atoms.